The zero-order valence-electron chi connectivity index (χ0n) is 21.0. The largest absolute Gasteiger partial charge is 0.507 e. The highest BCUT2D eigenvalue weighted by Gasteiger charge is 2.47. The van der Waals surface area contributed by atoms with Gasteiger partial charge in [0.2, 0.25) is 5.78 Å². The van der Waals surface area contributed by atoms with Crippen LogP contribution in [0.3, 0.4) is 0 Å². The number of hydrogen-bond donors (Lipinski definition) is 5. The highest BCUT2D eigenvalue weighted by molar-refractivity contribution is 6.31. The van der Waals surface area contributed by atoms with E-state index in [4.69, 9.17) is 14.2 Å². The molecule has 0 saturated carbocycles. The van der Waals surface area contributed by atoms with Gasteiger partial charge in [0, 0.05) is 29.5 Å². The van der Waals surface area contributed by atoms with Crippen molar-refractivity contribution in [2.24, 2.45) is 0 Å². The van der Waals surface area contributed by atoms with Crippen molar-refractivity contribution in [1.29, 1.82) is 0 Å². The summed E-state index contributed by atoms with van der Waals surface area (Å²) in [6.45, 7) is 3.49. The molecule has 5 rings (SSSR count). The summed E-state index contributed by atoms with van der Waals surface area (Å²) in [5, 5.41) is 44.4. The number of ether oxygens (including phenoxy) is 3. The molecule has 198 valence electrons. The van der Waals surface area contributed by atoms with Crippen molar-refractivity contribution in [3.05, 3.63) is 51.6 Å². The number of aliphatic hydroxyl groups excluding tert-OH is 1. The molecule has 2 aromatic rings. The third-order valence-corrected chi connectivity index (χ3v) is 7.95. The van der Waals surface area contributed by atoms with Crippen LogP contribution in [0.5, 0.6) is 17.2 Å². The Hall–Kier alpha value is -3.02. The lowest BCUT2D eigenvalue weighted by Gasteiger charge is -2.42. The van der Waals surface area contributed by atoms with E-state index in [0.29, 0.717) is 6.42 Å². The van der Waals surface area contributed by atoms with E-state index in [-0.39, 0.29) is 64.4 Å². The Kier molecular flexibility index (Phi) is 6.28. The van der Waals surface area contributed by atoms with E-state index in [1.54, 1.807) is 26.0 Å². The van der Waals surface area contributed by atoms with E-state index in [1.165, 1.54) is 13.2 Å². The minimum Gasteiger partial charge on any atom is -0.507 e. The van der Waals surface area contributed by atoms with Crippen LogP contribution in [-0.4, -0.2) is 69.2 Å². The second-order valence-electron chi connectivity index (χ2n) is 10.2. The van der Waals surface area contributed by atoms with E-state index in [2.05, 4.69) is 5.73 Å². The molecule has 0 spiro atoms. The fourth-order valence-corrected chi connectivity index (χ4v) is 5.80. The predicted molar refractivity (Wildman–Crippen MR) is 129 cm³/mol. The van der Waals surface area contributed by atoms with Crippen molar-refractivity contribution >= 4 is 11.6 Å². The molecule has 0 unspecified atom stereocenters. The average molecular weight is 515 g/mol. The average Bonchev–Trinajstić information content (AvgIpc) is 2.87. The number of phenolic OH excluding ortho intramolecular Hbond substituents is 2. The number of aromatic hydroxyl groups is 2. The Bertz CT molecular complexity index is 1280. The lowest BCUT2D eigenvalue weighted by atomic mass is 9.72. The molecular formula is C27H32NO9+. The zero-order valence-corrected chi connectivity index (χ0v) is 21.0. The van der Waals surface area contributed by atoms with Crippen molar-refractivity contribution in [2.45, 2.75) is 75.8 Å². The number of quaternary nitrogens is 1. The van der Waals surface area contributed by atoms with Crippen LogP contribution in [-0.2, 0) is 15.9 Å². The van der Waals surface area contributed by atoms with E-state index < -0.39 is 53.3 Å². The molecule has 37 heavy (non-hydrogen) atoms. The summed E-state index contributed by atoms with van der Waals surface area (Å²) in [6, 6.07) is 4.22. The van der Waals surface area contributed by atoms with Crippen LogP contribution in [0.4, 0.5) is 0 Å². The maximum Gasteiger partial charge on any atom is 0.202 e. The first-order valence-corrected chi connectivity index (χ1v) is 12.4. The van der Waals surface area contributed by atoms with E-state index >= 15 is 0 Å². The SMILES string of the molecule is CC[C@]1(O)Cc2c(O)c3c(c(O)c2[C@@H](O[C@H]2C[C@H]([NH3+])[C@H](O)[C@H](C)O2)C1)C(=O)c1c(OC)cccc1C3=O. The summed E-state index contributed by atoms with van der Waals surface area (Å²) in [5.74, 6) is -2.04. The van der Waals surface area contributed by atoms with Crippen LogP contribution in [0.25, 0.3) is 0 Å². The van der Waals surface area contributed by atoms with Gasteiger partial charge in [-0.25, -0.2) is 0 Å². The first-order chi connectivity index (χ1) is 17.5. The van der Waals surface area contributed by atoms with Crippen molar-refractivity contribution in [3.8, 4) is 17.2 Å². The highest BCUT2D eigenvalue weighted by Crippen LogP contribution is 2.52. The molecule has 10 heteroatoms. The standard InChI is InChI=1S/C27H31NO9/c1-4-27(34)9-13-19(16(10-27)37-17-8-14(28)22(29)11(2)36-17)26(33)21-20(24(13)31)23(30)12-6-5-7-15(35-3)18(12)25(21)32/h5-7,11,14,16-17,22,29,31,33-34H,4,8-10,28H2,1-3H3/p+1/t11-,14-,16-,17-,22+,27-/m0/s1. The number of carbonyl (C=O) groups is 2. The second kappa shape index (κ2) is 9.07. The van der Waals surface area contributed by atoms with Crippen LogP contribution in [0.2, 0.25) is 0 Å². The summed E-state index contributed by atoms with van der Waals surface area (Å²) in [4.78, 5) is 27.1. The minimum absolute atomic E-state index is 0.00816. The number of fused-ring (bicyclic) bond motifs is 3. The van der Waals surface area contributed by atoms with Gasteiger partial charge in [-0.2, -0.15) is 0 Å². The molecule has 1 saturated heterocycles. The van der Waals surface area contributed by atoms with Crippen molar-refractivity contribution in [2.75, 3.05) is 7.11 Å². The minimum atomic E-state index is -1.30. The smallest absolute Gasteiger partial charge is 0.202 e. The van der Waals surface area contributed by atoms with E-state index in [0.717, 1.165) is 0 Å². The monoisotopic (exact) mass is 514 g/mol. The Morgan fingerprint density at radius 3 is 2.49 bits per heavy atom. The first kappa shape index (κ1) is 25.6. The van der Waals surface area contributed by atoms with Gasteiger partial charge in [0.15, 0.2) is 12.1 Å². The van der Waals surface area contributed by atoms with Crippen LogP contribution >= 0.6 is 0 Å². The van der Waals surface area contributed by atoms with Gasteiger partial charge >= 0.3 is 0 Å². The second-order valence-corrected chi connectivity index (χ2v) is 10.2. The number of aliphatic hydroxyl groups is 2. The normalized spacial score (nSPS) is 30.9. The molecular weight excluding hydrogens is 482 g/mol. The number of hydrogen-bond acceptors (Lipinski definition) is 9. The lowest BCUT2D eigenvalue weighted by molar-refractivity contribution is -0.466. The summed E-state index contributed by atoms with van der Waals surface area (Å²) in [6.07, 6.45) is -2.51. The molecule has 2 aliphatic carbocycles. The molecule has 1 fully saturated rings. The summed E-state index contributed by atoms with van der Waals surface area (Å²) in [7, 11) is 1.38. The third-order valence-electron chi connectivity index (χ3n) is 7.95. The third kappa shape index (κ3) is 3.91. The molecule has 7 N–H and O–H groups in total. The number of phenols is 2. The molecule has 3 aliphatic rings. The van der Waals surface area contributed by atoms with Gasteiger partial charge in [0.25, 0.3) is 0 Å². The molecule has 0 radical (unpaired) electrons. The lowest BCUT2D eigenvalue weighted by Crippen LogP contribution is -2.71. The van der Waals surface area contributed by atoms with Crippen molar-refractivity contribution in [1.82, 2.24) is 0 Å². The van der Waals surface area contributed by atoms with Gasteiger partial charge in [-0.15, -0.1) is 0 Å². The van der Waals surface area contributed by atoms with Crippen LogP contribution in [0.1, 0.15) is 82.2 Å². The molecule has 0 aromatic heterocycles. The molecule has 10 nitrogen and oxygen atoms in total. The van der Waals surface area contributed by atoms with Crippen LogP contribution in [0, 0.1) is 0 Å². The fraction of sp³-hybridized carbons (Fsp3) is 0.481. The maximum atomic E-state index is 13.6. The Morgan fingerprint density at radius 2 is 1.84 bits per heavy atom. The molecule has 0 amide bonds. The van der Waals surface area contributed by atoms with Crippen LogP contribution in [0.15, 0.2) is 18.2 Å². The summed E-state index contributed by atoms with van der Waals surface area (Å²) in [5.41, 5.74) is 2.39. The Labute approximate surface area is 213 Å². The van der Waals surface area contributed by atoms with Crippen molar-refractivity contribution < 1.29 is 50.0 Å². The van der Waals surface area contributed by atoms with Crippen molar-refractivity contribution in [3.63, 3.8) is 0 Å². The summed E-state index contributed by atoms with van der Waals surface area (Å²) < 4.78 is 17.3. The Morgan fingerprint density at radius 1 is 1.14 bits per heavy atom. The number of rotatable bonds is 4. The van der Waals surface area contributed by atoms with Gasteiger partial charge < -0.3 is 40.4 Å². The number of methoxy groups -OCH3 is 1. The topological polar surface area (TPSA) is 170 Å². The van der Waals surface area contributed by atoms with Gasteiger partial charge in [-0.05, 0) is 19.4 Å². The fourth-order valence-electron chi connectivity index (χ4n) is 5.80. The van der Waals surface area contributed by atoms with E-state index in [9.17, 15) is 30.0 Å². The molecule has 0 bridgehead atoms. The van der Waals surface area contributed by atoms with Gasteiger partial charge in [-0.1, -0.05) is 19.1 Å². The van der Waals surface area contributed by atoms with Gasteiger partial charge in [-0.3, -0.25) is 9.59 Å². The molecule has 1 heterocycles. The number of benzene rings is 2. The Balaban J connectivity index is 1.66. The number of ketones is 2. The number of carbonyl (C=O) groups excluding carboxylic acids is 2. The highest BCUT2D eigenvalue weighted by atomic mass is 16.7. The molecule has 6 atom stereocenters. The molecule has 1 aliphatic heterocycles. The molecule has 2 aromatic carbocycles. The predicted octanol–water partition coefficient (Wildman–Crippen LogP) is 1.13. The zero-order chi connectivity index (χ0) is 26.8. The summed E-state index contributed by atoms with van der Waals surface area (Å²) >= 11 is 0. The van der Waals surface area contributed by atoms with Gasteiger partial charge in [0.1, 0.15) is 29.4 Å². The quantitative estimate of drug-likeness (QED) is 0.320. The van der Waals surface area contributed by atoms with Gasteiger partial charge in [0.05, 0.1) is 48.0 Å². The first-order valence-electron chi connectivity index (χ1n) is 12.4. The maximum absolute atomic E-state index is 13.6. The van der Waals surface area contributed by atoms with Crippen LogP contribution < -0.4 is 10.5 Å². The van der Waals surface area contributed by atoms with E-state index in [1.807, 2.05) is 0 Å².